The van der Waals surface area contributed by atoms with Gasteiger partial charge >= 0.3 is 0 Å². The highest BCUT2D eigenvalue weighted by molar-refractivity contribution is 8.01. The van der Waals surface area contributed by atoms with Crippen molar-refractivity contribution >= 4 is 29.4 Å². The summed E-state index contributed by atoms with van der Waals surface area (Å²) in [5, 5.41) is 8.74. The van der Waals surface area contributed by atoms with Gasteiger partial charge in [0.2, 0.25) is 17.6 Å². The van der Waals surface area contributed by atoms with Crippen LogP contribution >= 0.6 is 11.8 Å². The van der Waals surface area contributed by atoms with Gasteiger partial charge < -0.3 is 29.4 Å². The maximum Gasteiger partial charge on any atom is 0.238 e. The topological polar surface area (TPSA) is 112 Å². The van der Waals surface area contributed by atoms with Gasteiger partial charge in [-0.25, -0.2) is 0 Å². The van der Waals surface area contributed by atoms with Crippen LogP contribution in [0.15, 0.2) is 22.7 Å². The molecule has 2 amide bonds. The van der Waals surface area contributed by atoms with Crippen LogP contribution < -0.4 is 24.8 Å². The molecule has 0 spiro atoms. The molecule has 1 atom stereocenters. The molecule has 0 aliphatic heterocycles. The van der Waals surface area contributed by atoms with E-state index in [-0.39, 0.29) is 24.1 Å². The van der Waals surface area contributed by atoms with Gasteiger partial charge in [-0.05, 0) is 31.5 Å². The van der Waals surface area contributed by atoms with E-state index in [0.717, 1.165) is 5.56 Å². The molecule has 1 aromatic carbocycles. The van der Waals surface area contributed by atoms with Gasteiger partial charge in [0, 0.05) is 12.6 Å². The molecule has 0 fully saturated rings. The first-order valence-corrected chi connectivity index (χ1v) is 9.84. The molecule has 0 radical (unpaired) electrons. The summed E-state index contributed by atoms with van der Waals surface area (Å²) in [7, 11) is 4.59. The predicted molar refractivity (Wildman–Crippen MR) is 110 cm³/mol. The Hall–Kier alpha value is -2.88. The average molecular weight is 423 g/mol. The zero-order valence-electron chi connectivity index (χ0n) is 17.0. The number of methoxy groups -OCH3 is 3. The zero-order chi connectivity index (χ0) is 21.4. The van der Waals surface area contributed by atoms with E-state index in [1.807, 2.05) is 0 Å². The quantitative estimate of drug-likeness (QED) is 0.599. The van der Waals surface area contributed by atoms with E-state index in [9.17, 15) is 9.59 Å². The van der Waals surface area contributed by atoms with E-state index in [2.05, 4.69) is 15.8 Å². The summed E-state index contributed by atoms with van der Waals surface area (Å²) in [6.07, 6.45) is 0. The molecule has 0 saturated heterocycles. The largest absolute Gasteiger partial charge is 0.493 e. The maximum atomic E-state index is 12.2. The predicted octanol–water partition coefficient (Wildman–Crippen LogP) is 2.39. The second kappa shape index (κ2) is 10.6. The number of carbonyl (C=O) groups is 2. The van der Waals surface area contributed by atoms with Crippen molar-refractivity contribution in [1.82, 2.24) is 10.5 Å². The monoisotopic (exact) mass is 423 g/mol. The fraction of sp³-hybridized carbons (Fsp3) is 0.421. The lowest BCUT2D eigenvalue weighted by Gasteiger charge is -2.15. The molecule has 0 bridgehead atoms. The highest BCUT2D eigenvalue weighted by Crippen LogP contribution is 2.38. The second-order valence-electron chi connectivity index (χ2n) is 6.08. The highest BCUT2D eigenvalue weighted by atomic mass is 32.2. The molecule has 10 heteroatoms. The fourth-order valence-corrected chi connectivity index (χ4v) is 3.13. The molecule has 1 aromatic heterocycles. The Kier molecular flexibility index (Phi) is 8.20. The van der Waals surface area contributed by atoms with E-state index >= 15 is 0 Å². The molecule has 1 heterocycles. The fourth-order valence-electron chi connectivity index (χ4n) is 2.42. The Balaban J connectivity index is 1.84. The summed E-state index contributed by atoms with van der Waals surface area (Å²) in [6, 6.07) is 5.16. The number of hydrogen-bond acceptors (Lipinski definition) is 8. The molecule has 0 aliphatic rings. The van der Waals surface area contributed by atoms with Gasteiger partial charge in [0.1, 0.15) is 5.76 Å². The van der Waals surface area contributed by atoms with Crippen LogP contribution in [0, 0.1) is 6.92 Å². The van der Waals surface area contributed by atoms with Crippen LogP contribution in [0.25, 0.3) is 0 Å². The SMILES string of the molecule is COc1cc(CNC(=O)CSC(C)C(=O)Nc2cc(C)on2)cc(OC)c1OC. The molecular formula is C19H25N3O6S. The third-order valence-electron chi connectivity index (χ3n) is 3.93. The lowest BCUT2D eigenvalue weighted by atomic mass is 10.2. The van der Waals surface area contributed by atoms with Gasteiger partial charge in [-0.2, -0.15) is 0 Å². The van der Waals surface area contributed by atoms with E-state index < -0.39 is 5.25 Å². The van der Waals surface area contributed by atoms with Crippen LogP contribution in [-0.4, -0.2) is 49.3 Å². The number of carbonyl (C=O) groups excluding carboxylic acids is 2. The molecule has 1 unspecified atom stereocenters. The summed E-state index contributed by atoms with van der Waals surface area (Å²) in [4.78, 5) is 24.3. The van der Waals surface area contributed by atoms with Crippen molar-refractivity contribution in [3.8, 4) is 17.2 Å². The van der Waals surface area contributed by atoms with Crippen molar-refractivity contribution in [2.75, 3.05) is 32.4 Å². The van der Waals surface area contributed by atoms with Crippen molar-refractivity contribution in [3.63, 3.8) is 0 Å². The number of aromatic nitrogens is 1. The van der Waals surface area contributed by atoms with E-state index in [0.29, 0.717) is 28.8 Å². The minimum Gasteiger partial charge on any atom is -0.493 e. The van der Waals surface area contributed by atoms with Gasteiger partial charge in [-0.3, -0.25) is 9.59 Å². The Morgan fingerprint density at radius 3 is 2.31 bits per heavy atom. The van der Waals surface area contributed by atoms with Crippen LogP contribution in [-0.2, 0) is 16.1 Å². The molecule has 158 valence electrons. The first kappa shape index (κ1) is 22.4. The number of aryl methyl sites for hydroxylation is 1. The Morgan fingerprint density at radius 1 is 1.14 bits per heavy atom. The first-order chi connectivity index (χ1) is 13.9. The van der Waals surface area contributed by atoms with Gasteiger partial charge in [0.15, 0.2) is 17.3 Å². The van der Waals surface area contributed by atoms with E-state index in [1.54, 1.807) is 32.0 Å². The smallest absolute Gasteiger partial charge is 0.238 e. The number of nitrogens with one attached hydrogen (secondary N) is 2. The van der Waals surface area contributed by atoms with Gasteiger partial charge in [0.25, 0.3) is 0 Å². The number of amides is 2. The van der Waals surface area contributed by atoms with Crippen molar-refractivity contribution in [1.29, 1.82) is 0 Å². The van der Waals surface area contributed by atoms with Gasteiger partial charge in [0.05, 0.1) is 32.3 Å². The molecule has 2 aromatic rings. The van der Waals surface area contributed by atoms with Crippen molar-refractivity contribution < 1.29 is 28.3 Å². The van der Waals surface area contributed by atoms with E-state index in [4.69, 9.17) is 18.7 Å². The Morgan fingerprint density at radius 2 is 1.79 bits per heavy atom. The van der Waals surface area contributed by atoms with Crippen LogP contribution in [0.3, 0.4) is 0 Å². The Bertz CT molecular complexity index is 829. The molecule has 2 rings (SSSR count). The third kappa shape index (κ3) is 6.31. The van der Waals surface area contributed by atoms with Gasteiger partial charge in [-0.15, -0.1) is 11.8 Å². The lowest BCUT2D eigenvalue weighted by Crippen LogP contribution is -2.28. The summed E-state index contributed by atoms with van der Waals surface area (Å²) >= 11 is 1.22. The lowest BCUT2D eigenvalue weighted by molar-refractivity contribution is -0.118. The number of hydrogen-bond donors (Lipinski definition) is 2. The molecule has 0 aliphatic carbocycles. The van der Waals surface area contributed by atoms with Crippen molar-refractivity contribution in [3.05, 3.63) is 29.5 Å². The van der Waals surface area contributed by atoms with Crippen molar-refractivity contribution in [2.24, 2.45) is 0 Å². The van der Waals surface area contributed by atoms with Crippen LogP contribution in [0.2, 0.25) is 0 Å². The third-order valence-corrected chi connectivity index (χ3v) is 5.07. The number of thioether (sulfide) groups is 1. The molecular weight excluding hydrogens is 398 g/mol. The van der Waals surface area contributed by atoms with Crippen LogP contribution in [0.4, 0.5) is 5.82 Å². The van der Waals surface area contributed by atoms with Gasteiger partial charge in [-0.1, -0.05) is 5.16 Å². The number of ether oxygens (including phenoxy) is 3. The minimum absolute atomic E-state index is 0.136. The second-order valence-corrected chi connectivity index (χ2v) is 7.40. The average Bonchev–Trinajstić information content (AvgIpc) is 3.13. The highest BCUT2D eigenvalue weighted by Gasteiger charge is 2.17. The van der Waals surface area contributed by atoms with Crippen LogP contribution in [0.1, 0.15) is 18.2 Å². The maximum absolute atomic E-state index is 12.2. The first-order valence-electron chi connectivity index (χ1n) is 8.79. The molecule has 9 nitrogen and oxygen atoms in total. The number of benzene rings is 1. The van der Waals surface area contributed by atoms with E-state index in [1.165, 1.54) is 33.1 Å². The number of anilines is 1. The summed E-state index contributed by atoms with van der Waals surface area (Å²) in [5.74, 6) is 2.16. The van der Waals surface area contributed by atoms with Crippen LogP contribution in [0.5, 0.6) is 17.2 Å². The normalized spacial score (nSPS) is 11.5. The standard InChI is InChI=1S/C19H25N3O6S/c1-11-6-16(22-28-11)21-19(24)12(2)29-10-17(23)20-9-13-7-14(25-3)18(27-5)15(8-13)26-4/h6-8,12H,9-10H2,1-5H3,(H,20,23)(H,21,22,24). The molecule has 2 N–H and O–H groups in total. The number of rotatable bonds is 10. The summed E-state index contributed by atoms with van der Waals surface area (Å²) < 4.78 is 20.8. The minimum atomic E-state index is -0.432. The summed E-state index contributed by atoms with van der Waals surface area (Å²) in [6.45, 7) is 3.74. The van der Waals surface area contributed by atoms with Crippen molar-refractivity contribution in [2.45, 2.75) is 25.6 Å². The number of nitrogens with zero attached hydrogens (tertiary/aromatic N) is 1. The Labute approximate surface area is 173 Å². The molecule has 0 saturated carbocycles. The summed E-state index contributed by atoms with van der Waals surface area (Å²) in [5.41, 5.74) is 0.796. The zero-order valence-corrected chi connectivity index (χ0v) is 17.8. The molecule has 29 heavy (non-hydrogen) atoms.